The average molecular weight is 563 g/mol. The maximum Gasteiger partial charge on any atom is 0.262 e. The highest BCUT2D eigenvalue weighted by Gasteiger charge is 2.16. The number of nitriles is 2. The first-order chi connectivity index (χ1) is 16.5. The van der Waals surface area contributed by atoms with E-state index in [1.54, 1.807) is 24.3 Å². The molecule has 3 aromatic carbocycles. The second kappa shape index (κ2) is 11.9. The molecular weight excluding hydrogens is 541 g/mol. The van der Waals surface area contributed by atoms with Gasteiger partial charge >= 0.3 is 0 Å². The van der Waals surface area contributed by atoms with Gasteiger partial charge in [0, 0.05) is 5.56 Å². The third-order valence-corrected chi connectivity index (χ3v) is 5.89. The molecule has 0 radical (unpaired) electrons. The van der Waals surface area contributed by atoms with Crippen molar-refractivity contribution in [2.24, 2.45) is 0 Å². The van der Waals surface area contributed by atoms with Gasteiger partial charge in [0.15, 0.2) is 11.5 Å². The van der Waals surface area contributed by atoms with Gasteiger partial charge in [-0.3, -0.25) is 4.79 Å². The second-order valence-corrected chi connectivity index (χ2v) is 8.53. The Morgan fingerprint density at radius 3 is 2.50 bits per heavy atom. The molecule has 0 fully saturated rings. The lowest BCUT2D eigenvalue weighted by Gasteiger charge is -2.15. The smallest absolute Gasteiger partial charge is 0.262 e. The molecule has 0 saturated heterocycles. The molecule has 0 aliphatic rings. The van der Waals surface area contributed by atoms with Crippen LogP contribution in [0.25, 0.3) is 6.08 Å². The molecule has 0 spiro atoms. The molecule has 0 unspecified atom stereocenters. The van der Waals surface area contributed by atoms with Gasteiger partial charge in [-0.1, -0.05) is 48.5 Å². The van der Waals surface area contributed by atoms with Gasteiger partial charge in [0.25, 0.3) is 5.91 Å². The number of carbonyl (C=O) groups is 1. The molecule has 1 amide bonds. The quantitative estimate of drug-likeness (QED) is 0.221. The maximum absolute atomic E-state index is 12.7. The van der Waals surface area contributed by atoms with Crippen molar-refractivity contribution >= 4 is 34.6 Å². The van der Waals surface area contributed by atoms with Crippen molar-refractivity contribution in [1.29, 1.82) is 10.5 Å². The lowest BCUT2D eigenvalue weighted by atomic mass is 10.1. The highest BCUT2D eigenvalue weighted by molar-refractivity contribution is 14.1. The topological polar surface area (TPSA) is 95.1 Å². The van der Waals surface area contributed by atoms with Crippen molar-refractivity contribution in [1.82, 2.24) is 5.32 Å². The molecule has 1 N–H and O–H groups in total. The van der Waals surface area contributed by atoms with Crippen LogP contribution in [0.5, 0.6) is 11.5 Å². The Balaban J connectivity index is 1.81. The lowest BCUT2D eigenvalue weighted by molar-refractivity contribution is -0.117. The Morgan fingerprint density at radius 2 is 1.82 bits per heavy atom. The normalized spacial score (nSPS) is 11.6. The molecule has 0 bridgehead atoms. The Kier molecular flexibility index (Phi) is 8.66. The van der Waals surface area contributed by atoms with Gasteiger partial charge in [0.1, 0.15) is 18.2 Å². The zero-order valence-electron chi connectivity index (χ0n) is 18.7. The summed E-state index contributed by atoms with van der Waals surface area (Å²) in [7, 11) is 1.52. The minimum atomic E-state index is -0.457. The van der Waals surface area contributed by atoms with E-state index in [-0.39, 0.29) is 18.2 Å². The molecule has 34 heavy (non-hydrogen) atoms. The molecule has 0 saturated carbocycles. The summed E-state index contributed by atoms with van der Waals surface area (Å²) in [5.41, 5.74) is 2.87. The van der Waals surface area contributed by atoms with E-state index in [1.165, 1.54) is 13.2 Å². The van der Waals surface area contributed by atoms with Crippen molar-refractivity contribution in [2.75, 3.05) is 7.11 Å². The fourth-order valence-electron chi connectivity index (χ4n) is 3.28. The second-order valence-electron chi connectivity index (χ2n) is 7.37. The van der Waals surface area contributed by atoms with Crippen LogP contribution >= 0.6 is 22.6 Å². The van der Waals surface area contributed by atoms with E-state index in [9.17, 15) is 15.3 Å². The predicted molar refractivity (Wildman–Crippen MR) is 138 cm³/mol. The van der Waals surface area contributed by atoms with E-state index in [0.717, 1.165) is 14.7 Å². The van der Waals surface area contributed by atoms with Crippen LogP contribution in [0, 0.1) is 26.2 Å². The predicted octanol–water partition coefficient (Wildman–Crippen LogP) is 5.53. The van der Waals surface area contributed by atoms with E-state index in [4.69, 9.17) is 9.47 Å². The highest BCUT2D eigenvalue weighted by atomic mass is 127. The van der Waals surface area contributed by atoms with Crippen LogP contribution in [-0.2, 0) is 11.4 Å². The number of hydrogen-bond acceptors (Lipinski definition) is 5. The Morgan fingerprint density at radius 1 is 1.12 bits per heavy atom. The van der Waals surface area contributed by atoms with E-state index >= 15 is 0 Å². The molecule has 1 atom stereocenters. The monoisotopic (exact) mass is 563 g/mol. The van der Waals surface area contributed by atoms with Crippen LogP contribution in [0.2, 0.25) is 0 Å². The molecule has 7 heteroatoms. The number of ether oxygens (including phenoxy) is 2. The first-order valence-corrected chi connectivity index (χ1v) is 11.5. The van der Waals surface area contributed by atoms with Crippen LogP contribution < -0.4 is 14.8 Å². The SMILES string of the molecule is COc1cc(/C=C(/C#N)C(=O)N[C@@H](C)c2ccccc2)cc(I)c1OCc1ccccc1C#N. The van der Waals surface area contributed by atoms with Gasteiger partial charge < -0.3 is 14.8 Å². The number of methoxy groups -OCH3 is 1. The van der Waals surface area contributed by atoms with Gasteiger partial charge in [0.05, 0.1) is 28.4 Å². The number of benzene rings is 3. The number of nitrogens with zero attached hydrogens (tertiary/aromatic N) is 2. The summed E-state index contributed by atoms with van der Waals surface area (Å²) in [6.07, 6.45) is 1.52. The Bertz CT molecular complexity index is 1290. The third kappa shape index (κ3) is 6.15. The molecule has 0 aliphatic heterocycles. The van der Waals surface area contributed by atoms with Gasteiger partial charge in [-0.2, -0.15) is 10.5 Å². The van der Waals surface area contributed by atoms with E-state index < -0.39 is 5.91 Å². The van der Waals surface area contributed by atoms with Crippen molar-refractivity contribution in [3.05, 3.63) is 98.1 Å². The summed E-state index contributed by atoms with van der Waals surface area (Å²) in [6, 6.07) is 24.2. The van der Waals surface area contributed by atoms with E-state index in [0.29, 0.717) is 22.6 Å². The number of carbonyl (C=O) groups excluding carboxylic acids is 1. The van der Waals surface area contributed by atoms with Crippen LogP contribution in [0.4, 0.5) is 0 Å². The van der Waals surface area contributed by atoms with Crippen LogP contribution in [0.15, 0.2) is 72.3 Å². The molecular formula is C27H22IN3O3. The number of amides is 1. The summed E-state index contributed by atoms with van der Waals surface area (Å²) in [5, 5.41) is 21.7. The van der Waals surface area contributed by atoms with Crippen LogP contribution in [0.3, 0.4) is 0 Å². The number of nitrogens with one attached hydrogen (secondary N) is 1. The van der Waals surface area contributed by atoms with E-state index in [2.05, 4.69) is 34.0 Å². The first-order valence-electron chi connectivity index (χ1n) is 10.4. The Hall–Kier alpha value is -3.82. The number of hydrogen-bond donors (Lipinski definition) is 1. The van der Waals surface area contributed by atoms with Crippen molar-refractivity contribution in [3.63, 3.8) is 0 Å². The van der Waals surface area contributed by atoms with Crippen LogP contribution in [-0.4, -0.2) is 13.0 Å². The fraction of sp³-hybridized carbons (Fsp3) is 0.148. The van der Waals surface area contributed by atoms with E-state index in [1.807, 2.05) is 55.5 Å². The summed E-state index contributed by atoms with van der Waals surface area (Å²) in [4.78, 5) is 12.7. The van der Waals surface area contributed by atoms with Gasteiger partial charge in [0.2, 0.25) is 0 Å². The first kappa shape index (κ1) is 24.8. The van der Waals surface area contributed by atoms with Crippen molar-refractivity contribution in [2.45, 2.75) is 19.6 Å². The molecule has 3 aromatic rings. The van der Waals surface area contributed by atoms with Gasteiger partial charge in [-0.15, -0.1) is 0 Å². The highest BCUT2D eigenvalue weighted by Crippen LogP contribution is 2.35. The number of halogens is 1. The minimum absolute atomic E-state index is 0.0164. The molecule has 3 rings (SSSR count). The molecule has 0 aromatic heterocycles. The summed E-state index contributed by atoms with van der Waals surface area (Å²) < 4.78 is 12.2. The van der Waals surface area contributed by atoms with Crippen molar-refractivity contribution in [3.8, 4) is 23.6 Å². The zero-order valence-corrected chi connectivity index (χ0v) is 20.9. The lowest BCUT2D eigenvalue weighted by Crippen LogP contribution is -2.27. The standard InChI is InChI=1S/C27H22IN3O3/c1-18(20-8-4-3-5-9-20)31-27(32)23(16-30)12-19-13-24(28)26(25(14-19)33-2)34-17-22-11-7-6-10-21(22)15-29/h3-14,18H,17H2,1-2H3,(H,31,32)/b23-12-/t18-/m0/s1. The largest absolute Gasteiger partial charge is 0.493 e. The van der Waals surface area contributed by atoms with Gasteiger partial charge in [-0.25, -0.2) is 0 Å². The zero-order chi connectivity index (χ0) is 24.5. The molecule has 0 aliphatic carbocycles. The van der Waals surface area contributed by atoms with Gasteiger partial charge in [-0.05, 0) is 64.9 Å². The Labute approximate surface area is 212 Å². The maximum atomic E-state index is 12.7. The van der Waals surface area contributed by atoms with Crippen molar-refractivity contribution < 1.29 is 14.3 Å². The molecule has 6 nitrogen and oxygen atoms in total. The third-order valence-electron chi connectivity index (χ3n) is 5.08. The summed E-state index contributed by atoms with van der Waals surface area (Å²) >= 11 is 2.12. The molecule has 170 valence electrons. The summed E-state index contributed by atoms with van der Waals surface area (Å²) in [6.45, 7) is 2.07. The van der Waals surface area contributed by atoms with Crippen LogP contribution in [0.1, 0.15) is 35.2 Å². The average Bonchev–Trinajstić information content (AvgIpc) is 2.86. The number of rotatable bonds is 8. The minimum Gasteiger partial charge on any atom is -0.493 e. The summed E-state index contributed by atoms with van der Waals surface area (Å²) in [5.74, 6) is 0.526. The molecule has 0 heterocycles. The fourth-order valence-corrected chi connectivity index (χ4v) is 4.06.